The summed E-state index contributed by atoms with van der Waals surface area (Å²) in [5.74, 6) is -1.74. The quantitative estimate of drug-likeness (QED) is 0.447. The minimum Gasteiger partial charge on any atom is -0.444 e. The van der Waals surface area contributed by atoms with Gasteiger partial charge in [0.2, 0.25) is 0 Å². The smallest absolute Gasteiger partial charge is 0.408 e. The number of aryl methyl sites for hydroxylation is 1. The zero-order valence-electron chi connectivity index (χ0n) is 22.3. The molecule has 0 aliphatic rings. The van der Waals surface area contributed by atoms with Crippen molar-refractivity contribution in [3.05, 3.63) is 17.0 Å². The molecule has 3 N–H and O–H groups in total. The van der Waals surface area contributed by atoms with E-state index in [1.54, 1.807) is 59.9 Å². The van der Waals surface area contributed by atoms with E-state index in [9.17, 15) is 23.4 Å². The number of hydrogen-bond acceptors (Lipinski definition) is 8. The van der Waals surface area contributed by atoms with E-state index >= 15 is 0 Å². The van der Waals surface area contributed by atoms with Crippen molar-refractivity contribution in [2.45, 2.75) is 90.2 Å². The van der Waals surface area contributed by atoms with Crippen LogP contribution in [-0.4, -0.2) is 52.0 Å². The molecular weight excluding hydrogens is 508 g/mol. The SMILES string of the molecule is Cc1csc(S(=O)(=NC(=O)[C@H](CC(C)C)NC(=O)OC(C)(C)C)NC(=O)CNC(=O)OC(C)(C)C)c1. The molecule has 0 fully saturated rings. The normalized spacial score (nSPS) is 14.3. The zero-order valence-corrected chi connectivity index (χ0v) is 24.0. The molecule has 0 aliphatic heterocycles. The summed E-state index contributed by atoms with van der Waals surface area (Å²) in [4.78, 5) is 49.8. The van der Waals surface area contributed by atoms with E-state index in [4.69, 9.17) is 9.47 Å². The highest BCUT2D eigenvalue weighted by Gasteiger charge is 2.28. The number of hydrogen-bond donors (Lipinski definition) is 3. The maximum absolute atomic E-state index is 13.8. The van der Waals surface area contributed by atoms with Crippen molar-refractivity contribution >= 4 is 45.3 Å². The van der Waals surface area contributed by atoms with Gasteiger partial charge >= 0.3 is 12.2 Å². The van der Waals surface area contributed by atoms with Crippen molar-refractivity contribution in [1.29, 1.82) is 0 Å². The monoisotopic (exact) mass is 546 g/mol. The number of ether oxygens (including phenoxy) is 2. The van der Waals surface area contributed by atoms with Gasteiger partial charge in [-0.1, -0.05) is 13.8 Å². The van der Waals surface area contributed by atoms with E-state index in [1.807, 2.05) is 13.8 Å². The molecule has 0 radical (unpaired) electrons. The maximum atomic E-state index is 13.8. The fourth-order valence-electron chi connectivity index (χ4n) is 2.66. The van der Waals surface area contributed by atoms with Gasteiger partial charge in [0.15, 0.2) is 9.92 Å². The van der Waals surface area contributed by atoms with Gasteiger partial charge in [-0.15, -0.1) is 15.7 Å². The van der Waals surface area contributed by atoms with Gasteiger partial charge in [-0.05, 0) is 77.8 Å². The van der Waals surface area contributed by atoms with E-state index in [2.05, 4.69) is 19.7 Å². The standard InChI is InChI=1S/C23H38N4O7S2/c1-14(2)10-16(25-21(31)34-23(7,8)9)19(29)27-36(32,18-11-15(3)13-35-18)26-17(28)12-24-20(30)33-22(4,5)6/h11,13-14,16H,10,12H2,1-9H3,(H,24,30)(H,25,31)(H,26,27,28,29,32)/t16-,36?/m0/s1. The van der Waals surface area contributed by atoms with Crippen molar-refractivity contribution in [1.82, 2.24) is 15.4 Å². The Morgan fingerprint density at radius 1 is 1.03 bits per heavy atom. The van der Waals surface area contributed by atoms with Gasteiger partial charge in [0, 0.05) is 0 Å². The second-order valence-electron chi connectivity index (χ2n) is 10.6. The Balaban J connectivity index is 3.21. The third-order valence-electron chi connectivity index (χ3n) is 3.94. The number of carbonyl (C=O) groups excluding carboxylic acids is 4. The summed E-state index contributed by atoms with van der Waals surface area (Å²) in [5.41, 5.74) is -0.794. The van der Waals surface area contributed by atoms with Crippen molar-refractivity contribution in [2.75, 3.05) is 6.54 Å². The van der Waals surface area contributed by atoms with Crippen molar-refractivity contribution < 1.29 is 32.9 Å². The Morgan fingerprint density at radius 3 is 2.06 bits per heavy atom. The summed E-state index contributed by atoms with van der Waals surface area (Å²) in [5, 5.41) is 6.46. The minimum absolute atomic E-state index is 0.0169. The Kier molecular flexibility index (Phi) is 10.9. The summed E-state index contributed by atoms with van der Waals surface area (Å²) in [7, 11) is -3.77. The van der Waals surface area contributed by atoms with Crippen molar-refractivity contribution in [2.24, 2.45) is 10.3 Å². The van der Waals surface area contributed by atoms with Crippen LogP contribution >= 0.6 is 11.3 Å². The molecule has 0 saturated heterocycles. The fourth-order valence-corrected chi connectivity index (χ4v) is 5.53. The van der Waals surface area contributed by atoms with Crippen LogP contribution in [0.3, 0.4) is 0 Å². The molecule has 1 unspecified atom stereocenters. The fraction of sp³-hybridized carbons (Fsp3) is 0.652. The average molecular weight is 547 g/mol. The van der Waals surface area contributed by atoms with E-state index in [0.29, 0.717) is 0 Å². The molecule has 1 aromatic rings. The van der Waals surface area contributed by atoms with Crippen LogP contribution in [0.5, 0.6) is 0 Å². The third kappa shape index (κ3) is 11.8. The first-order chi connectivity index (χ1) is 16.3. The Morgan fingerprint density at radius 2 is 1.58 bits per heavy atom. The minimum atomic E-state index is -3.77. The molecule has 4 amide bonds. The summed E-state index contributed by atoms with van der Waals surface area (Å²) in [6.07, 6.45) is -1.45. The number of nitrogens with one attached hydrogen (secondary N) is 3. The average Bonchev–Trinajstić information content (AvgIpc) is 3.09. The highest BCUT2D eigenvalue weighted by molar-refractivity contribution is 7.94. The van der Waals surface area contributed by atoms with Gasteiger partial charge in [-0.3, -0.25) is 14.3 Å². The summed E-state index contributed by atoms with van der Waals surface area (Å²) in [6.45, 7) is 15.0. The lowest BCUT2D eigenvalue weighted by atomic mass is 10.0. The first kappa shape index (κ1) is 31.4. The molecule has 1 heterocycles. The van der Waals surface area contributed by atoms with Gasteiger partial charge < -0.3 is 20.1 Å². The lowest BCUT2D eigenvalue weighted by Gasteiger charge is -2.23. The second kappa shape index (κ2) is 12.5. The summed E-state index contributed by atoms with van der Waals surface area (Å²) >= 11 is 1.06. The van der Waals surface area contributed by atoms with Crippen LogP contribution < -0.4 is 15.4 Å². The summed E-state index contributed by atoms with van der Waals surface area (Å²) < 4.78 is 30.4. The number of alkyl carbamates (subject to hydrolysis) is 2. The number of rotatable bonds is 8. The van der Waals surface area contributed by atoms with Gasteiger partial charge in [-0.2, -0.15) is 0 Å². The molecule has 11 nitrogen and oxygen atoms in total. The van der Waals surface area contributed by atoms with Crippen LogP contribution in [-0.2, 0) is 29.0 Å². The molecule has 0 saturated carbocycles. The highest BCUT2D eigenvalue weighted by Crippen LogP contribution is 2.22. The van der Waals surface area contributed by atoms with E-state index in [-0.39, 0.29) is 16.5 Å². The van der Waals surface area contributed by atoms with Crippen LogP contribution in [0.4, 0.5) is 9.59 Å². The number of carbonyl (C=O) groups is 4. The number of amides is 4. The first-order valence-corrected chi connectivity index (χ1v) is 13.8. The van der Waals surface area contributed by atoms with E-state index < -0.39 is 57.7 Å². The van der Waals surface area contributed by atoms with Crippen LogP contribution in [0.1, 0.15) is 67.4 Å². The number of thiophene rings is 1. The zero-order chi connectivity index (χ0) is 27.9. The lowest BCUT2D eigenvalue weighted by molar-refractivity contribution is -0.120. The van der Waals surface area contributed by atoms with Gasteiger partial charge in [0.25, 0.3) is 11.8 Å². The van der Waals surface area contributed by atoms with Crippen LogP contribution in [0.15, 0.2) is 20.0 Å². The second-order valence-corrected chi connectivity index (χ2v) is 13.7. The van der Waals surface area contributed by atoms with Gasteiger partial charge in [0.1, 0.15) is 28.0 Å². The van der Waals surface area contributed by atoms with Gasteiger partial charge in [-0.25, -0.2) is 13.8 Å². The molecule has 0 aliphatic carbocycles. The Bertz CT molecular complexity index is 1070. The van der Waals surface area contributed by atoms with Crippen molar-refractivity contribution in [3.63, 3.8) is 0 Å². The van der Waals surface area contributed by atoms with E-state index in [0.717, 1.165) is 16.9 Å². The molecular formula is C23H38N4O7S2. The lowest BCUT2D eigenvalue weighted by Crippen LogP contribution is -2.45. The predicted molar refractivity (Wildman–Crippen MR) is 138 cm³/mol. The molecule has 0 spiro atoms. The first-order valence-electron chi connectivity index (χ1n) is 11.4. The number of nitrogens with zero attached hydrogens (tertiary/aromatic N) is 1. The summed E-state index contributed by atoms with van der Waals surface area (Å²) in [6, 6.07) is 0.419. The van der Waals surface area contributed by atoms with E-state index in [1.165, 1.54) is 0 Å². The largest absolute Gasteiger partial charge is 0.444 e. The molecule has 13 heteroatoms. The van der Waals surface area contributed by atoms with Crippen LogP contribution in [0.2, 0.25) is 0 Å². The molecule has 1 rings (SSSR count). The van der Waals surface area contributed by atoms with Gasteiger partial charge in [0.05, 0.1) is 0 Å². The molecule has 2 atom stereocenters. The molecule has 0 bridgehead atoms. The topological polar surface area (TPSA) is 152 Å². The van der Waals surface area contributed by atoms with Crippen LogP contribution in [0, 0.1) is 12.8 Å². The highest BCUT2D eigenvalue weighted by atomic mass is 32.2. The molecule has 1 aromatic heterocycles. The molecule has 36 heavy (non-hydrogen) atoms. The van der Waals surface area contributed by atoms with Crippen LogP contribution in [0.25, 0.3) is 0 Å². The third-order valence-corrected chi connectivity index (χ3v) is 7.35. The molecule has 0 aromatic carbocycles. The predicted octanol–water partition coefficient (Wildman–Crippen LogP) is 3.91. The Hall–Kier alpha value is -2.67. The maximum Gasteiger partial charge on any atom is 0.408 e. The molecule has 204 valence electrons. The Labute approximate surface area is 217 Å². The van der Waals surface area contributed by atoms with Crippen molar-refractivity contribution in [3.8, 4) is 0 Å².